The van der Waals surface area contributed by atoms with Gasteiger partial charge >= 0.3 is 5.97 Å². The quantitative estimate of drug-likeness (QED) is 0.162. The predicted octanol–water partition coefficient (Wildman–Crippen LogP) is 2.66. The van der Waals surface area contributed by atoms with Gasteiger partial charge in [-0.05, 0) is 68.5 Å². The number of carbonyl (C=O) groups excluding carboxylic acids is 2. The number of carbonyl (C=O) groups is 2. The highest BCUT2D eigenvalue weighted by atomic mass is 16.6. The normalized spacial score (nSPS) is 26.2. The van der Waals surface area contributed by atoms with Crippen molar-refractivity contribution in [1.29, 1.82) is 0 Å². The molecule has 0 aliphatic heterocycles. The van der Waals surface area contributed by atoms with Crippen LogP contribution in [0.25, 0.3) is 6.08 Å². The average molecular weight is 515 g/mol. The van der Waals surface area contributed by atoms with E-state index in [0.29, 0.717) is 5.57 Å². The number of aryl methyl sites for hydroxylation is 1. The van der Waals surface area contributed by atoms with Crippen molar-refractivity contribution in [2.24, 2.45) is 5.92 Å². The van der Waals surface area contributed by atoms with Gasteiger partial charge in [-0.1, -0.05) is 42.9 Å². The van der Waals surface area contributed by atoms with Gasteiger partial charge in [-0.25, -0.2) is 4.79 Å². The van der Waals surface area contributed by atoms with Gasteiger partial charge in [0.25, 0.3) is 0 Å². The van der Waals surface area contributed by atoms with Crippen molar-refractivity contribution >= 4 is 18.3 Å². The van der Waals surface area contributed by atoms with Gasteiger partial charge < -0.3 is 29.9 Å². The van der Waals surface area contributed by atoms with Crippen molar-refractivity contribution in [2.45, 2.75) is 71.6 Å². The second kappa shape index (κ2) is 12.5. The van der Waals surface area contributed by atoms with Crippen LogP contribution in [0.1, 0.15) is 43.0 Å². The lowest BCUT2D eigenvalue weighted by atomic mass is 9.61. The van der Waals surface area contributed by atoms with Crippen LogP contribution in [0.2, 0.25) is 0 Å². The van der Waals surface area contributed by atoms with E-state index in [2.05, 4.69) is 13.0 Å². The van der Waals surface area contributed by atoms with Crippen LogP contribution in [0.4, 0.5) is 0 Å². The fourth-order valence-electron chi connectivity index (χ4n) is 4.40. The third kappa shape index (κ3) is 6.45. The second-order valence-corrected chi connectivity index (χ2v) is 9.64. The van der Waals surface area contributed by atoms with Crippen molar-refractivity contribution in [3.8, 4) is 5.75 Å². The Morgan fingerprint density at radius 1 is 1.11 bits per heavy atom. The lowest BCUT2D eigenvalue weighted by Crippen LogP contribution is -2.75. The van der Waals surface area contributed by atoms with Crippen LogP contribution >= 0.6 is 0 Å². The van der Waals surface area contributed by atoms with Crippen LogP contribution in [0, 0.1) is 26.7 Å². The topological polar surface area (TPSA) is 134 Å². The van der Waals surface area contributed by atoms with Crippen LogP contribution in [0.3, 0.4) is 0 Å². The highest BCUT2D eigenvalue weighted by Gasteiger charge is 2.64. The van der Waals surface area contributed by atoms with E-state index < -0.39 is 41.9 Å². The molecule has 8 heteroatoms. The summed E-state index contributed by atoms with van der Waals surface area (Å²) in [5.74, 6) is -0.947. The molecule has 1 aliphatic carbocycles. The first kappa shape index (κ1) is 30.2. The molecule has 0 amide bonds. The Morgan fingerprint density at radius 2 is 1.76 bits per heavy atom. The van der Waals surface area contributed by atoms with Gasteiger partial charge in [0.1, 0.15) is 23.6 Å². The zero-order chi connectivity index (χ0) is 28.1. The van der Waals surface area contributed by atoms with Gasteiger partial charge in [0.2, 0.25) is 0 Å². The molecular weight excluding hydrogens is 476 g/mol. The Labute approximate surface area is 218 Å². The first-order valence-corrected chi connectivity index (χ1v) is 12.1. The average Bonchev–Trinajstić information content (AvgIpc) is 2.87. The van der Waals surface area contributed by atoms with Crippen LogP contribution in [-0.2, 0) is 14.3 Å². The number of benzene rings is 1. The molecule has 6 atom stereocenters. The highest BCUT2D eigenvalue weighted by molar-refractivity contribution is 5.84. The first-order valence-electron chi connectivity index (χ1n) is 12.1. The molecule has 0 spiro atoms. The Balaban J connectivity index is 2.03. The largest absolute Gasteiger partial charge is 0.496 e. The molecule has 1 aromatic carbocycles. The Hall–Kier alpha value is -3.04. The molecule has 1 aromatic rings. The number of ether oxygens (including phenoxy) is 2. The Morgan fingerprint density at radius 3 is 2.32 bits per heavy atom. The summed E-state index contributed by atoms with van der Waals surface area (Å²) in [7, 11) is 1.66. The molecule has 0 bridgehead atoms. The van der Waals surface area contributed by atoms with Crippen LogP contribution in [0.5, 0.6) is 5.75 Å². The molecule has 202 valence electrons. The van der Waals surface area contributed by atoms with Crippen LogP contribution < -0.4 is 4.74 Å². The molecule has 0 heterocycles. The van der Waals surface area contributed by atoms with Gasteiger partial charge in [-0.3, -0.25) is 4.79 Å². The minimum absolute atomic E-state index is 0.176. The minimum atomic E-state index is -2.17. The number of rotatable bonds is 10. The molecule has 4 N–H and O–H groups in total. The zero-order valence-corrected chi connectivity index (χ0v) is 22.4. The second-order valence-electron chi connectivity index (χ2n) is 9.64. The molecule has 37 heavy (non-hydrogen) atoms. The number of allylic oxidation sites excluding steroid dienone is 6. The van der Waals surface area contributed by atoms with Crippen molar-refractivity contribution in [3.05, 3.63) is 69.8 Å². The molecule has 1 fully saturated rings. The number of aldehydes is 1. The van der Waals surface area contributed by atoms with E-state index in [0.717, 1.165) is 39.7 Å². The van der Waals surface area contributed by atoms with E-state index >= 15 is 0 Å². The summed E-state index contributed by atoms with van der Waals surface area (Å²) in [6.07, 6.45) is 4.15. The van der Waals surface area contributed by atoms with Crippen molar-refractivity contribution in [2.75, 3.05) is 7.11 Å². The molecule has 1 aliphatic rings. The maximum absolute atomic E-state index is 12.2. The summed E-state index contributed by atoms with van der Waals surface area (Å²) in [5.41, 5.74) is 3.83. The number of aliphatic hydroxyl groups excluding tert-OH is 3. The van der Waals surface area contributed by atoms with E-state index in [1.54, 1.807) is 26.2 Å². The molecule has 1 saturated carbocycles. The number of hydrogen-bond acceptors (Lipinski definition) is 8. The molecule has 0 aromatic heterocycles. The molecule has 0 saturated heterocycles. The lowest BCUT2D eigenvalue weighted by Gasteiger charge is -2.54. The van der Waals surface area contributed by atoms with Crippen LogP contribution in [-0.4, -0.2) is 69.8 Å². The molecule has 2 rings (SSSR count). The van der Waals surface area contributed by atoms with Crippen LogP contribution in [0.15, 0.2) is 47.6 Å². The molecule has 2 unspecified atom stereocenters. The van der Waals surface area contributed by atoms with E-state index in [9.17, 15) is 30.0 Å². The van der Waals surface area contributed by atoms with Gasteiger partial charge in [-0.2, -0.15) is 0 Å². The lowest BCUT2D eigenvalue weighted by molar-refractivity contribution is -0.299. The van der Waals surface area contributed by atoms with Gasteiger partial charge in [0.05, 0.1) is 13.2 Å². The van der Waals surface area contributed by atoms with E-state index in [1.807, 2.05) is 39.0 Å². The standard InChI is InChI=1S/C29H38O8/c1-16(11-12-22-18(3)14-23(36-7)20(5)19(22)4)9-8-10-17(2)13-25(31)37-24(15-30)27(33)29(35)21(6)26(32)28(29)34/h8-15,21,24,26-28,32-35H,1-7H3/t21?,24-,26?,27+,28+,29-/m0/s1. The summed E-state index contributed by atoms with van der Waals surface area (Å²) in [5, 5.41) is 40.3. The van der Waals surface area contributed by atoms with Gasteiger partial charge in [0.15, 0.2) is 12.4 Å². The summed E-state index contributed by atoms with van der Waals surface area (Å²) in [4.78, 5) is 23.7. The summed E-state index contributed by atoms with van der Waals surface area (Å²) in [6, 6.07) is 2.01. The number of hydrogen-bond donors (Lipinski definition) is 4. The summed E-state index contributed by atoms with van der Waals surface area (Å²) < 4.78 is 10.4. The van der Waals surface area contributed by atoms with Crippen molar-refractivity contribution in [1.82, 2.24) is 0 Å². The summed E-state index contributed by atoms with van der Waals surface area (Å²) in [6.45, 7) is 11.1. The zero-order valence-electron chi connectivity index (χ0n) is 22.4. The monoisotopic (exact) mass is 514 g/mol. The third-order valence-corrected chi connectivity index (χ3v) is 7.12. The highest BCUT2D eigenvalue weighted by Crippen LogP contribution is 2.42. The van der Waals surface area contributed by atoms with E-state index in [1.165, 1.54) is 6.92 Å². The first-order chi connectivity index (χ1) is 17.3. The van der Waals surface area contributed by atoms with Crippen molar-refractivity contribution < 1.29 is 39.5 Å². The van der Waals surface area contributed by atoms with Gasteiger partial charge in [-0.15, -0.1) is 0 Å². The molecule has 8 nitrogen and oxygen atoms in total. The Bertz CT molecular complexity index is 1120. The maximum Gasteiger partial charge on any atom is 0.331 e. The SMILES string of the molecule is COc1cc(C)c(C=CC(C)=CC=CC(C)=CC(=O)O[C@@H](C=O)[C@@H](O)[C@@]2(O)C(C)C(O)[C@H]2O)c(C)c1C. The van der Waals surface area contributed by atoms with E-state index in [-0.39, 0.29) is 6.29 Å². The molecule has 0 radical (unpaired) electrons. The predicted molar refractivity (Wildman–Crippen MR) is 141 cm³/mol. The molecular formula is C29H38O8. The third-order valence-electron chi connectivity index (χ3n) is 7.12. The fraction of sp³-hybridized carbons (Fsp3) is 0.448. The van der Waals surface area contributed by atoms with Gasteiger partial charge in [0, 0.05) is 12.0 Å². The van der Waals surface area contributed by atoms with Crippen molar-refractivity contribution in [3.63, 3.8) is 0 Å². The van der Waals surface area contributed by atoms with E-state index in [4.69, 9.17) is 9.47 Å². The smallest absolute Gasteiger partial charge is 0.331 e. The summed E-state index contributed by atoms with van der Waals surface area (Å²) >= 11 is 0. The number of esters is 1. The minimum Gasteiger partial charge on any atom is -0.496 e. The number of aliphatic hydroxyl groups is 4. The number of methoxy groups -OCH3 is 1. The maximum atomic E-state index is 12.2. The Kier molecular flexibility index (Phi) is 10.2. The fourth-order valence-corrected chi connectivity index (χ4v) is 4.40.